The highest BCUT2D eigenvalue weighted by molar-refractivity contribution is 5.96. The number of benzene rings is 1. The van der Waals surface area contributed by atoms with E-state index in [0.29, 0.717) is 43.2 Å². The van der Waals surface area contributed by atoms with Gasteiger partial charge in [-0.2, -0.15) is 0 Å². The highest BCUT2D eigenvalue weighted by Crippen LogP contribution is 2.28. The Morgan fingerprint density at radius 1 is 1.18 bits per heavy atom. The molecule has 0 radical (unpaired) electrons. The minimum absolute atomic E-state index is 0.0245. The molecular formula is C13H19NO3. The van der Waals surface area contributed by atoms with Crippen LogP contribution in [0, 0.1) is 0 Å². The summed E-state index contributed by atoms with van der Waals surface area (Å²) >= 11 is 0. The van der Waals surface area contributed by atoms with Crippen LogP contribution in [0.15, 0.2) is 18.2 Å². The average molecular weight is 237 g/mol. The van der Waals surface area contributed by atoms with Crippen LogP contribution < -0.4 is 15.2 Å². The zero-order chi connectivity index (χ0) is 12.7. The van der Waals surface area contributed by atoms with E-state index in [-0.39, 0.29) is 5.78 Å². The predicted molar refractivity (Wildman–Crippen MR) is 66.8 cm³/mol. The van der Waals surface area contributed by atoms with Crippen LogP contribution in [0.3, 0.4) is 0 Å². The third kappa shape index (κ3) is 3.75. The molecule has 1 rings (SSSR count). The number of hydrogen-bond acceptors (Lipinski definition) is 4. The average Bonchev–Trinajstić information content (AvgIpc) is 2.32. The van der Waals surface area contributed by atoms with Crippen molar-refractivity contribution in [2.75, 3.05) is 19.8 Å². The maximum absolute atomic E-state index is 11.7. The number of carbonyl (C=O) groups excluding carboxylic acids is 1. The number of rotatable bonds is 7. The first-order valence-corrected chi connectivity index (χ1v) is 5.85. The fourth-order valence-electron chi connectivity index (χ4n) is 1.50. The topological polar surface area (TPSA) is 61.5 Å². The van der Waals surface area contributed by atoms with Gasteiger partial charge >= 0.3 is 0 Å². The van der Waals surface area contributed by atoms with Gasteiger partial charge in [0.15, 0.2) is 17.3 Å². The molecule has 0 bridgehead atoms. The molecule has 0 saturated heterocycles. The first-order chi connectivity index (χ1) is 8.22. The molecule has 0 atom stereocenters. The SMILES string of the molecule is CCOc1ccc(C(=O)CCN)cc1OCC. The van der Waals surface area contributed by atoms with E-state index in [2.05, 4.69) is 0 Å². The summed E-state index contributed by atoms with van der Waals surface area (Å²) in [7, 11) is 0. The molecule has 0 heterocycles. The van der Waals surface area contributed by atoms with E-state index in [1.165, 1.54) is 0 Å². The maximum Gasteiger partial charge on any atom is 0.164 e. The first-order valence-electron chi connectivity index (χ1n) is 5.85. The van der Waals surface area contributed by atoms with E-state index in [1.807, 2.05) is 13.8 Å². The van der Waals surface area contributed by atoms with Gasteiger partial charge in [0.25, 0.3) is 0 Å². The summed E-state index contributed by atoms with van der Waals surface area (Å²) in [6, 6.07) is 5.22. The number of ether oxygens (including phenoxy) is 2. The van der Waals surface area contributed by atoms with Gasteiger partial charge in [0.2, 0.25) is 0 Å². The van der Waals surface area contributed by atoms with Crippen LogP contribution >= 0.6 is 0 Å². The van der Waals surface area contributed by atoms with Gasteiger partial charge in [-0.15, -0.1) is 0 Å². The van der Waals surface area contributed by atoms with E-state index in [0.717, 1.165) is 0 Å². The molecule has 0 spiro atoms. The van der Waals surface area contributed by atoms with Crippen molar-refractivity contribution in [3.63, 3.8) is 0 Å². The molecule has 2 N–H and O–H groups in total. The molecule has 1 aromatic carbocycles. The zero-order valence-corrected chi connectivity index (χ0v) is 10.4. The Morgan fingerprint density at radius 2 is 1.82 bits per heavy atom. The number of hydrogen-bond donors (Lipinski definition) is 1. The van der Waals surface area contributed by atoms with E-state index in [1.54, 1.807) is 18.2 Å². The Kier molecular flexibility index (Phi) is 5.49. The van der Waals surface area contributed by atoms with Crippen molar-refractivity contribution in [3.05, 3.63) is 23.8 Å². The van der Waals surface area contributed by atoms with Gasteiger partial charge < -0.3 is 15.2 Å². The lowest BCUT2D eigenvalue weighted by Crippen LogP contribution is -2.08. The van der Waals surface area contributed by atoms with Crippen molar-refractivity contribution < 1.29 is 14.3 Å². The van der Waals surface area contributed by atoms with Crippen LogP contribution in [0.2, 0.25) is 0 Å². The normalized spacial score (nSPS) is 10.1. The highest BCUT2D eigenvalue weighted by atomic mass is 16.5. The third-order valence-electron chi connectivity index (χ3n) is 2.24. The van der Waals surface area contributed by atoms with Gasteiger partial charge in [0.05, 0.1) is 13.2 Å². The molecule has 17 heavy (non-hydrogen) atoms. The number of ketones is 1. The Morgan fingerprint density at radius 3 is 2.41 bits per heavy atom. The second-order valence-corrected chi connectivity index (χ2v) is 3.49. The van der Waals surface area contributed by atoms with E-state index in [4.69, 9.17) is 15.2 Å². The quantitative estimate of drug-likeness (QED) is 0.737. The summed E-state index contributed by atoms with van der Waals surface area (Å²) in [5, 5.41) is 0. The lowest BCUT2D eigenvalue weighted by atomic mass is 10.1. The lowest BCUT2D eigenvalue weighted by molar-refractivity contribution is 0.0985. The second kappa shape index (κ2) is 6.91. The molecule has 0 aliphatic carbocycles. The number of carbonyl (C=O) groups is 1. The maximum atomic E-state index is 11.7. The molecular weight excluding hydrogens is 218 g/mol. The van der Waals surface area contributed by atoms with Crippen molar-refractivity contribution >= 4 is 5.78 Å². The van der Waals surface area contributed by atoms with Gasteiger partial charge in [-0.1, -0.05) is 0 Å². The molecule has 0 fully saturated rings. The molecule has 1 aromatic rings. The van der Waals surface area contributed by atoms with Crippen molar-refractivity contribution in [2.24, 2.45) is 5.73 Å². The third-order valence-corrected chi connectivity index (χ3v) is 2.24. The van der Waals surface area contributed by atoms with Gasteiger partial charge in [0, 0.05) is 12.0 Å². The van der Waals surface area contributed by atoms with E-state index in [9.17, 15) is 4.79 Å². The van der Waals surface area contributed by atoms with Crippen LogP contribution in [-0.4, -0.2) is 25.5 Å². The van der Waals surface area contributed by atoms with Crippen LogP contribution in [0.5, 0.6) is 11.5 Å². The van der Waals surface area contributed by atoms with Gasteiger partial charge in [-0.3, -0.25) is 4.79 Å². The number of nitrogens with two attached hydrogens (primary N) is 1. The summed E-state index contributed by atoms with van der Waals surface area (Å²) < 4.78 is 10.9. The lowest BCUT2D eigenvalue weighted by Gasteiger charge is -2.11. The predicted octanol–water partition coefficient (Wildman–Crippen LogP) is 2.02. The Labute approximate surface area is 102 Å². The molecule has 94 valence electrons. The minimum Gasteiger partial charge on any atom is -0.490 e. The molecule has 0 aromatic heterocycles. The molecule has 0 aliphatic heterocycles. The second-order valence-electron chi connectivity index (χ2n) is 3.49. The van der Waals surface area contributed by atoms with Crippen molar-refractivity contribution in [3.8, 4) is 11.5 Å². The van der Waals surface area contributed by atoms with E-state index < -0.39 is 0 Å². The molecule has 4 heteroatoms. The summed E-state index contributed by atoms with van der Waals surface area (Å²) in [5.74, 6) is 1.30. The molecule has 0 unspecified atom stereocenters. The fraction of sp³-hybridized carbons (Fsp3) is 0.462. The summed E-state index contributed by atoms with van der Waals surface area (Å²) in [6.07, 6.45) is 0.347. The Hall–Kier alpha value is -1.55. The molecule has 0 aliphatic rings. The highest BCUT2D eigenvalue weighted by Gasteiger charge is 2.10. The zero-order valence-electron chi connectivity index (χ0n) is 10.4. The molecule has 0 amide bonds. The molecule has 4 nitrogen and oxygen atoms in total. The van der Waals surface area contributed by atoms with Gasteiger partial charge in [-0.05, 0) is 38.6 Å². The standard InChI is InChI=1S/C13H19NO3/c1-3-16-12-6-5-10(11(15)7-8-14)9-13(12)17-4-2/h5-6,9H,3-4,7-8,14H2,1-2H3. The van der Waals surface area contributed by atoms with Gasteiger partial charge in [-0.25, -0.2) is 0 Å². The largest absolute Gasteiger partial charge is 0.490 e. The van der Waals surface area contributed by atoms with Crippen molar-refractivity contribution in [2.45, 2.75) is 20.3 Å². The minimum atomic E-state index is 0.0245. The smallest absolute Gasteiger partial charge is 0.164 e. The van der Waals surface area contributed by atoms with Crippen LogP contribution in [-0.2, 0) is 0 Å². The monoisotopic (exact) mass is 237 g/mol. The first kappa shape index (κ1) is 13.5. The fourth-order valence-corrected chi connectivity index (χ4v) is 1.50. The number of Topliss-reactive ketones (excluding diaryl/α,β-unsaturated/α-hetero) is 1. The van der Waals surface area contributed by atoms with Crippen LogP contribution in [0.25, 0.3) is 0 Å². The summed E-state index contributed by atoms with van der Waals surface area (Å²) in [4.78, 5) is 11.7. The van der Waals surface area contributed by atoms with Crippen molar-refractivity contribution in [1.82, 2.24) is 0 Å². The molecule has 0 saturated carbocycles. The summed E-state index contributed by atoms with van der Waals surface area (Å²) in [6.45, 7) is 5.26. The van der Waals surface area contributed by atoms with E-state index >= 15 is 0 Å². The van der Waals surface area contributed by atoms with Crippen LogP contribution in [0.1, 0.15) is 30.6 Å². The Balaban J connectivity index is 2.95. The van der Waals surface area contributed by atoms with Crippen molar-refractivity contribution in [1.29, 1.82) is 0 Å². The summed E-state index contributed by atoms with van der Waals surface area (Å²) in [5.41, 5.74) is 5.98. The van der Waals surface area contributed by atoms with Crippen LogP contribution in [0.4, 0.5) is 0 Å². The Bertz CT molecular complexity index is 377. The van der Waals surface area contributed by atoms with Gasteiger partial charge in [0.1, 0.15) is 0 Å².